The summed E-state index contributed by atoms with van der Waals surface area (Å²) in [6.07, 6.45) is -4.47. The van der Waals surface area contributed by atoms with Gasteiger partial charge in [-0.25, -0.2) is 0 Å². The summed E-state index contributed by atoms with van der Waals surface area (Å²) in [5.41, 5.74) is -0.549. The number of methoxy groups -OCH3 is 1. The summed E-state index contributed by atoms with van der Waals surface area (Å²) in [7, 11) is 1.56. The minimum Gasteiger partial charge on any atom is -0.378 e. The molecule has 1 unspecified atom stereocenters. The second-order valence-electron chi connectivity index (χ2n) is 4.23. The van der Waals surface area contributed by atoms with Crippen LogP contribution in [0, 0.1) is 0 Å². The van der Waals surface area contributed by atoms with Crippen LogP contribution >= 0.6 is 0 Å². The van der Waals surface area contributed by atoms with Crippen LogP contribution < -0.4 is 10.6 Å². The molecule has 1 aliphatic heterocycles. The number of nitrogens with one attached hydrogen (secondary N) is 2. The standard InChI is InChI=1S/C12H15F3N2O/c1-18-11-7-16-6-10(11)17-9-5-3-2-4-8(9)12(13,14)15/h2-5,10-11,16-17H,6-7H2,1H3/t10?,11-/m0/s1. The van der Waals surface area contributed by atoms with Crippen molar-refractivity contribution in [1.29, 1.82) is 0 Å². The van der Waals surface area contributed by atoms with E-state index in [-0.39, 0.29) is 17.8 Å². The Hall–Kier alpha value is -1.27. The predicted octanol–water partition coefficient (Wildman–Crippen LogP) is 2.10. The van der Waals surface area contributed by atoms with E-state index in [4.69, 9.17) is 4.74 Å². The second-order valence-corrected chi connectivity index (χ2v) is 4.23. The molecule has 0 aromatic heterocycles. The smallest absolute Gasteiger partial charge is 0.378 e. The summed E-state index contributed by atoms with van der Waals surface area (Å²) in [6, 6.07) is 5.33. The van der Waals surface area contributed by atoms with E-state index >= 15 is 0 Å². The van der Waals surface area contributed by atoms with Gasteiger partial charge in [0.25, 0.3) is 0 Å². The number of alkyl halides is 3. The van der Waals surface area contributed by atoms with Gasteiger partial charge in [-0.15, -0.1) is 0 Å². The molecular weight excluding hydrogens is 245 g/mol. The van der Waals surface area contributed by atoms with Crippen LogP contribution in [0.2, 0.25) is 0 Å². The van der Waals surface area contributed by atoms with E-state index in [0.717, 1.165) is 6.07 Å². The Labute approximate surface area is 103 Å². The summed E-state index contributed by atoms with van der Waals surface area (Å²) in [5.74, 6) is 0. The van der Waals surface area contributed by atoms with E-state index in [1.165, 1.54) is 12.1 Å². The van der Waals surface area contributed by atoms with Crippen LogP contribution in [0.4, 0.5) is 18.9 Å². The molecule has 1 aromatic rings. The fraction of sp³-hybridized carbons (Fsp3) is 0.500. The predicted molar refractivity (Wildman–Crippen MR) is 62.5 cm³/mol. The number of ether oxygens (including phenoxy) is 1. The van der Waals surface area contributed by atoms with Crippen LogP contribution in [0.25, 0.3) is 0 Å². The Balaban J connectivity index is 2.19. The molecule has 18 heavy (non-hydrogen) atoms. The molecule has 0 saturated carbocycles. The molecule has 3 nitrogen and oxygen atoms in total. The molecule has 1 aliphatic rings. The van der Waals surface area contributed by atoms with E-state index in [1.54, 1.807) is 13.2 Å². The average Bonchev–Trinajstić information content (AvgIpc) is 2.75. The molecule has 0 radical (unpaired) electrons. The van der Waals surface area contributed by atoms with E-state index in [9.17, 15) is 13.2 Å². The molecule has 6 heteroatoms. The lowest BCUT2D eigenvalue weighted by atomic mass is 10.1. The molecule has 2 N–H and O–H groups in total. The quantitative estimate of drug-likeness (QED) is 0.873. The third-order valence-electron chi connectivity index (χ3n) is 3.03. The van der Waals surface area contributed by atoms with E-state index < -0.39 is 11.7 Å². The SMILES string of the molecule is CO[C@H]1CNCC1Nc1ccccc1C(F)(F)F. The van der Waals surface area contributed by atoms with Crippen LogP contribution in [0.5, 0.6) is 0 Å². The maximum Gasteiger partial charge on any atom is 0.418 e. The van der Waals surface area contributed by atoms with Gasteiger partial charge in [0.15, 0.2) is 0 Å². The lowest BCUT2D eigenvalue weighted by molar-refractivity contribution is -0.137. The summed E-state index contributed by atoms with van der Waals surface area (Å²) < 4.78 is 43.7. The number of hydrogen-bond acceptors (Lipinski definition) is 3. The van der Waals surface area contributed by atoms with E-state index in [1.807, 2.05) is 0 Å². The minimum absolute atomic E-state index is 0.0979. The van der Waals surface area contributed by atoms with Crippen molar-refractivity contribution in [3.8, 4) is 0 Å². The Morgan fingerprint density at radius 3 is 2.67 bits per heavy atom. The largest absolute Gasteiger partial charge is 0.418 e. The van der Waals surface area contributed by atoms with Gasteiger partial charge in [-0.1, -0.05) is 12.1 Å². The molecule has 0 aliphatic carbocycles. The van der Waals surface area contributed by atoms with Crippen molar-refractivity contribution in [2.75, 3.05) is 25.5 Å². The van der Waals surface area contributed by atoms with Crippen molar-refractivity contribution >= 4 is 5.69 Å². The monoisotopic (exact) mass is 260 g/mol. The van der Waals surface area contributed by atoms with Crippen molar-refractivity contribution in [2.24, 2.45) is 0 Å². The molecule has 0 bridgehead atoms. The van der Waals surface area contributed by atoms with Crippen molar-refractivity contribution < 1.29 is 17.9 Å². The maximum absolute atomic E-state index is 12.8. The second kappa shape index (κ2) is 5.16. The number of para-hydroxylation sites is 1. The Kier molecular flexibility index (Phi) is 3.77. The zero-order valence-corrected chi connectivity index (χ0v) is 9.92. The van der Waals surface area contributed by atoms with Gasteiger partial charge in [0.2, 0.25) is 0 Å². The number of anilines is 1. The fourth-order valence-corrected chi connectivity index (χ4v) is 2.10. The number of hydrogen-bond donors (Lipinski definition) is 2. The van der Waals surface area contributed by atoms with Gasteiger partial charge in [-0.3, -0.25) is 0 Å². The van der Waals surface area contributed by atoms with Gasteiger partial charge in [-0.2, -0.15) is 13.2 Å². The molecule has 0 spiro atoms. The Bertz CT molecular complexity index is 409. The van der Waals surface area contributed by atoms with Crippen LogP contribution in [0.1, 0.15) is 5.56 Å². The van der Waals surface area contributed by atoms with Crippen molar-refractivity contribution in [3.63, 3.8) is 0 Å². The summed E-state index contributed by atoms with van der Waals surface area (Å²) >= 11 is 0. The molecule has 0 amide bonds. The number of benzene rings is 1. The molecule has 1 heterocycles. The van der Waals surface area contributed by atoms with Gasteiger partial charge in [0.1, 0.15) is 0 Å². The first-order valence-corrected chi connectivity index (χ1v) is 5.68. The molecule has 2 atom stereocenters. The fourth-order valence-electron chi connectivity index (χ4n) is 2.10. The van der Waals surface area contributed by atoms with Gasteiger partial charge in [0.05, 0.1) is 17.7 Å². The first-order valence-electron chi connectivity index (χ1n) is 5.68. The average molecular weight is 260 g/mol. The number of rotatable bonds is 3. The molecular formula is C12H15F3N2O. The van der Waals surface area contributed by atoms with Gasteiger partial charge in [0, 0.05) is 25.9 Å². The lowest BCUT2D eigenvalue weighted by Crippen LogP contribution is -2.34. The number of halogens is 3. The van der Waals surface area contributed by atoms with Gasteiger partial charge in [-0.05, 0) is 12.1 Å². The zero-order valence-electron chi connectivity index (χ0n) is 9.92. The molecule has 1 saturated heterocycles. The zero-order chi connectivity index (χ0) is 13.2. The lowest BCUT2D eigenvalue weighted by Gasteiger charge is -2.22. The highest BCUT2D eigenvalue weighted by Crippen LogP contribution is 2.35. The molecule has 2 rings (SSSR count). The highest BCUT2D eigenvalue weighted by atomic mass is 19.4. The van der Waals surface area contributed by atoms with Crippen molar-refractivity contribution in [1.82, 2.24) is 5.32 Å². The Morgan fingerprint density at radius 2 is 2.00 bits per heavy atom. The van der Waals surface area contributed by atoms with Crippen LogP contribution in [0.15, 0.2) is 24.3 Å². The van der Waals surface area contributed by atoms with Crippen LogP contribution in [0.3, 0.4) is 0 Å². The third kappa shape index (κ3) is 2.76. The Morgan fingerprint density at radius 1 is 1.28 bits per heavy atom. The van der Waals surface area contributed by atoms with Crippen LogP contribution in [-0.2, 0) is 10.9 Å². The minimum atomic E-state index is -4.35. The maximum atomic E-state index is 12.8. The summed E-state index contributed by atoms with van der Waals surface area (Å²) in [5, 5.41) is 5.99. The molecule has 1 aromatic carbocycles. The first-order chi connectivity index (χ1) is 8.52. The highest BCUT2D eigenvalue weighted by molar-refractivity contribution is 5.53. The van der Waals surface area contributed by atoms with E-state index in [0.29, 0.717) is 13.1 Å². The summed E-state index contributed by atoms with van der Waals surface area (Å²) in [6.45, 7) is 1.23. The van der Waals surface area contributed by atoms with Crippen molar-refractivity contribution in [2.45, 2.75) is 18.3 Å². The molecule has 1 fully saturated rings. The van der Waals surface area contributed by atoms with E-state index in [2.05, 4.69) is 10.6 Å². The first kappa shape index (κ1) is 13.2. The topological polar surface area (TPSA) is 33.3 Å². The summed E-state index contributed by atoms with van der Waals surface area (Å²) in [4.78, 5) is 0. The van der Waals surface area contributed by atoms with Gasteiger partial charge >= 0.3 is 6.18 Å². The third-order valence-corrected chi connectivity index (χ3v) is 3.03. The highest BCUT2D eigenvalue weighted by Gasteiger charge is 2.35. The van der Waals surface area contributed by atoms with Crippen molar-refractivity contribution in [3.05, 3.63) is 29.8 Å². The van der Waals surface area contributed by atoms with Crippen LogP contribution in [-0.4, -0.2) is 32.3 Å². The normalized spacial score (nSPS) is 24.2. The van der Waals surface area contributed by atoms with Gasteiger partial charge < -0.3 is 15.4 Å². The molecule has 100 valence electrons.